The van der Waals surface area contributed by atoms with Gasteiger partial charge in [-0.05, 0) is 30.7 Å². The van der Waals surface area contributed by atoms with E-state index >= 15 is 0 Å². The first-order valence-electron chi connectivity index (χ1n) is 9.92. The third-order valence-electron chi connectivity index (χ3n) is 4.49. The number of rotatable bonds is 12. The molecule has 11 heteroatoms. The summed E-state index contributed by atoms with van der Waals surface area (Å²) in [7, 11) is 0. The maximum atomic E-state index is 13.0. The molecule has 0 aromatic heterocycles. The number of carbonyl (C=O) groups excluding carboxylic acids is 3. The Balaban J connectivity index is 3.06. The van der Waals surface area contributed by atoms with Gasteiger partial charge in [-0.2, -0.15) is 0 Å². The minimum atomic E-state index is -1.02. The topological polar surface area (TPSA) is 188 Å². The molecule has 0 radical (unpaired) electrons. The van der Waals surface area contributed by atoms with E-state index in [1.54, 1.807) is 0 Å². The Hall–Kier alpha value is -3.34. The quantitative estimate of drug-likeness (QED) is 0.106. The number of guanidine groups is 1. The van der Waals surface area contributed by atoms with Crippen molar-refractivity contribution in [2.45, 2.75) is 51.6 Å². The summed E-state index contributed by atoms with van der Waals surface area (Å²) in [4.78, 5) is 52.7. The van der Waals surface area contributed by atoms with Gasteiger partial charge in [-0.1, -0.05) is 26.0 Å². The van der Waals surface area contributed by atoms with Crippen LogP contribution in [0.4, 0.5) is 5.69 Å². The highest BCUT2D eigenvalue weighted by atomic mass is 16.6. The van der Waals surface area contributed by atoms with Crippen molar-refractivity contribution in [3.05, 3.63) is 39.9 Å². The summed E-state index contributed by atoms with van der Waals surface area (Å²) in [5.41, 5.74) is 16.9. The van der Waals surface area contributed by atoms with E-state index in [1.165, 1.54) is 24.3 Å². The third-order valence-corrected chi connectivity index (χ3v) is 4.49. The van der Waals surface area contributed by atoms with E-state index in [4.69, 9.17) is 17.2 Å². The van der Waals surface area contributed by atoms with Gasteiger partial charge in [-0.15, -0.1) is 0 Å². The molecule has 0 saturated carbocycles. The molecule has 6 N–H and O–H groups in total. The van der Waals surface area contributed by atoms with Crippen molar-refractivity contribution >= 4 is 29.7 Å². The van der Waals surface area contributed by atoms with Crippen LogP contribution in [0.25, 0.3) is 0 Å². The van der Waals surface area contributed by atoms with Crippen molar-refractivity contribution in [3.8, 4) is 0 Å². The number of benzene rings is 1. The number of aldehydes is 1. The Bertz CT molecular complexity index is 805. The van der Waals surface area contributed by atoms with Crippen LogP contribution in [0.5, 0.6) is 0 Å². The van der Waals surface area contributed by atoms with Gasteiger partial charge in [0.1, 0.15) is 6.29 Å². The van der Waals surface area contributed by atoms with Crippen LogP contribution in [0.1, 0.15) is 38.7 Å². The molecule has 0 saturated heterocycles. The van der Waals surface area contributed by atoms with Crippen molar-refractivity contribution in [2.24, 2.45) is 28.1 Å². The highest BCUT2D eigenvalue weighted by molar-refractivity contribution is 6.00. The van der Waals surface area contributed by atoms with Gasteiger partial charge < -0.3 is 22.0 Å². The predicted molar refractivity (Wildman–Crippen MR) is 116 cm³/mol. The number of nitrogens with two attached hydrogens (primary N) is 3. The molecule has 2 atom stereocenters. The van der Waals surface area contributed by atoms with E-state index in [0.29, 0.717) is 24.7 Å². The smallest absolute Gasteiger partial charge is 0.269 e. The van der Waals surface area contributed by atoms with E-state index < -0.39 is 28.8 Å². The van der Waals surface area contributed by atoms with Crippen LogP contribution in [0.3, 0.4) is 0 Å². The monoisotopic (exact) mass is 434 g/mol. The van der Waals surface area contributed by atoms with Crippen LogP contribution < -0.4 is 17.2 Å². The lowest BCUT2D eigenvalue weighted by Crippen LogP contribution is -2.53. The first-order valence-corrected chi connectivity index (χ1v) is 9.92. The van der Waals surface area contributed by atoms with Crippen LogP contribution in [0.2, 0.25) is 0 Å². The number of hydrogen-bond donors (Lipinski definition) is 3. The molecule has 0 fully saturated rings. The lowest BCUT2D eigenvalue weighted by Gasteiger charge is -2.29. The Morgan fingerprint density at radius 3 is 2.32 bits per heavy atom. The zero-order chi connectivity index (χ0) is 23.6. The average Bonchev–Trinajstić information content (AvgIpc) is 2.69. The maximum Gasteiger partial charge on any atom is 0.269 e. The molecule has 0 aliphatic heterocycles. The first kappa shape index (κ1) is 25.7. The largest absolute Gasteiger partial charge is 0.370 e. The van der Waals surface area contributed by atoms with Crippen molar-refractivity contribution < 1.29 is 19.3 Å². The molecule has 1 aromatic rings. The van der Waals surface area contributed by atoms with Crippen molar-refractivity contribution in [1.82, 2.24) is 4.90 Å². The fourth-order valence-corrected chi connectivity index (χ4v) is 3.02. The number of aliphatic imine (C=N–C) groups is 1. The molecule has 11 nitrogen and oxygen atoms in total. The summed E-state index contributed by atoms with van der Waals surface area (Å²) >= 11 is 0. The lowest BCUT2D eigenvalue weighted by molar-refractivity contribution is -0.384. The van der Waals surface area contributed by atoms with Crippen molar-refractivity contribution in [1.29, 1.82) is 0 Å². The zero-order valence-corrected chi connectivity index (χ0v) is 17.8. The summed E-state index contributed by atoms with van der Waals surface area (Å²) in [6.45, 7) is 4.02. The Kier molecular flexibility index (Phi) is 10.3. The second kappa shape index (κ2) is 12.4. The Labute approximate surface area is 180 Å². The highest BCUT2D eigenvalue weighted by Crippen LogP contribution is 2.16. The molecule has 0 aliphatic carbocycles. The number of amides is 2. The minimum Gasteiger partial charge on any atom is -0.370 e. The van der Waals surface area contributed by atoms with Crippen LogP contribution in [-0.2, 0) is 20.8 Å². The number of hydrogen-bond acceptors (Lipinski definition) is 7. The molecule has 0 unspecified atom stereocenters. The van der Waals surface area contributed by atoms with Gasteiger partial charge in [0.15, 0.2) is 5.96 Å². The van der Waals surface area contributed by atoms with Gasteiger partial charge in [0, 0.05) is 18.7 Å². The van der Waals surface area contributed by atoms with E-state index in [0.717, 1.165) is 4.90 Å². The SMILES string of the molecule is CC(C)C[C@H](N)C(=O)N(C(=O)Cc1ccc([N+](=O)[O-])cc1)[C@H](C=O)CCCN=C(N)N. The number of nitro groups is 1. The summed E-state index contributed by atoms with van der Waals surface area (Å²) in [5.74, 6) is -1.23. The van der Waals surface area contributed by atoms with Gasteiger partial charge in [0.25, 0.3) is 5.69 Å². The molecule has 1 rings (SSSR count). The zero-order valence-electron chi connectivity index (χ0n) is 17.8. The van der Waals surface area contributed by atoms with Gasteiger partial charge in [-0.3, -0.25) is 29.6 Å². The number of non-ortho nitro benzene ring substituents is 1. The van der Waals surface area contributed by atoms with Gasteiger partial charge >= 0.3 is 0 Å². The summed E-state index contributed by atoms with van der Waals surface area (Å²) in [6.07, 6.45) is 1.21. The van der Waals surface area contributed by atoms with E-state index in [-0.39, 0.29) is 37.0 Å². The highest BCUT2D eigenvalue weighted by Gasteiger charge is 2.32. The second-order valence-electron chi connectivity index (χ2n) is 7.59. The normalized spacial score (nSPS) is 12.6. The molecule has 0 aliphatic rings. The van der Waals surface area contributed by atoms with Crippen LogP contribution in [0, 0.1) is 16.0 Å². The molecule has 2 amide bonds. The Morgan fingerprint density at radius 2 is 1.84 bits per heavy atom. The molecular formula is C20H30N6O5. The maximum absolute atomic E-state index is 13.0. The molecule has 0 bridgehead atoms. The second-order valence-corrected chi connectivity index (χ2v) is 7.59. The van der Waals surface area contributed by atoms with E-state index in [1.807, 2.05) is 13.8 Å². The molecule has 170 valence electrons. The van der Waals surface area contributed by atoms with E-state index in [2.05, 4.69) is 4.99 Å². The fraction of sp³-hybridized carbons (Fsp3) is 0.500. The summed E-state index contributed by atoms with van der Waals surface area (Å²) < 4.78 is 0. The fourth-order valence-electron chi connectivity index (χ4n) is 3.02. The average molecular weight is 434 g/mol. The Morgan fingerprint density at radius 1 is 1.23 bits per heavy atom. The summed E-state index contributed by atoms with van der Waals surface area (Å²) in [6, 6.07) is 3.44. The first-order chi connectivity index (χ1) is 14.6. The summed E-state index contributed by atoms with van der Waals surface area (Å²) in [5, 5.41) is 10.8. The molecular weight excluding hydrogens is 404 g/mol. The lowest BCUT2D eigenvalue weighted by atomic mass is 10.0. The van der Waals surface area contributed by atoms with Gasteiger partial charge in [0.05, 0.1) is 23.4 Å². The predicted octanol–water partition coefficient (Wildman–Crippen LogP) is 0.487. The van der Waals surface area contributed by atoms with Crippen LogP contribution in [-0.4, -0.2) is 52.5 Å². The standard InChI is InChI=1S/C20H30N6O5/c1-13(2)10-17(21)19(29)25(16(12-27)4-3-9-24-20(22)23)18(28)11-14-5-7-15(8-6-14)26(30)31/h5-8,12-13,16-17H,3-4,9-11,21H2,1-2H3,(H4,22,23,24)/t16-,17-/m0/s1. The number of nitrogens with zero attached hydrogens (tertiary/aromatic N) is 3. The third kappa shape index (κ3) is 8.51. The molecule has 0 heterocycles. The number of imide groups is 1. The van der Waals surface area contributed by atoms with Gasteiger partial charge in [0.2, 0.25) is 11.8 Å². The molecule has 0 spiro atoms. The van der Waals surface area contributed by atoms with Crippen LogP contribution in [0.15, 0.2) is 29.3 Å². The minimum absolute atomic E-state index is 0.0937. The van der Waals surface area contributed by atoms with Gasteiger partial charge in [-0.25, -0.2) is 0 Å². The van der Waals surface area contributed by atoms with Crippen LogP contribution >= 0.6 is 0 Å². The molecule has 1 aromatic carbocycles. The number of carbonyl (C=O) groups is 3. The molecule has 31 heavy (non-hydrogen) atoms. The van der Waals surface area contributed by atoms with Crippen molar-refractivity contribution in [3.63, 3.8) is 0 Å². The number of nitro benzene ring substituents is 1. The van der Waals surface area contributed by atoms with E-state index in [9.17, 15) is 24.5 Å². The van der Waals surface area contributed by atoms with Crippen molar-refractivity contribution in [2.75, 3.05) is 6.54 Å².